The van der Waals surface area contributed by atoms with E-state index in [4.69, 9.17) is 0 Å². The van der Waals surface area contributed by atoms with Crippen LogP contribution in [0.15, 0.2) is 23.1 Å². The van der Waals surface area contributed by atoms with Gasteiger partial charge in [-0.1, -0.05) is 6.92 Å². The summed E-state index contributed by atoms with van der Waals surface area (Å²) in [4.78, 5) is 11.5. The lowest BCUT2D eigenvalue weighted by Crippen LogP contribution is -2.32. The van der Waals surface area contributed by atoms with Gasteiger partial charge in [-0.3, -0.25) is 0 Å². The average Bonchev–Trinajstić information content (AvgIpc) is 2.42. The van der Waals surface area contributed by atoms with Gasteiger partial charge in [-0.25, -0.2) is 17.9 Å². The maximum Gasteiger partial charge on any atom is 0.337 e. The van der Waals surface area contributed by atoms with Crippen molar-refractivity contribution in [1.82, 2.24) is 10.0 Å². The second-order valence-electron chi connectivity index (χ2n) is 4.22. The van der Waals surface area contributed by atoms with Gasteiger partial charge >= 0.3 is 5.97 Å². The zero-order chi connectivity index (χ0) is 15.2. The van der Waals surface area contributed by atoms with Crippen LogP contribution in [0.25, 0.3) is 0 Å². The van der Waals surface area contributed by atoms with E-state index in [1.807, 2.05) is 6.92 Å². The third-order valence-electron chi connectivity index (χ3n) is 2.73. The van der Waals surface area contributed by atoms with E-state index in [9.17, 15) is 13.2 Å². The van der Waals surface area contributed by atoms with Crippen molar-refractivity contribution in [2.45, 2.75) is 18.7 Å². The molecule has 0 atom stereocenters. The van der Waals surface area contributed by atoms with Crippen molar-refractivity contribution >= 4 is 16.0 Å². The zero-order valence-electron chi connectivity index (χ0n) is 11.9. The van der Waals surface area contributed by atoms with Crippen LogP contribution in [0.1, 0.15) is 22.8 Å². The van der Waals surface area contributed by atoms with Gasteiger partial charge in [0.15, 0.2) is 0 Å². The molecular weight excluding hydrogens is 280 g/mol. The number of esters is 1. The van der Waals surface area contributed by atoms with Gasteiger partial charge in [-0.2, -0.15) is 0 Å². The Morgan fingerprint density at radius 1 is 1.30 bits per heavy atom. The van der Waals surface area contributed by atoms with Crippen molar-refractivity contribution < 1.29 is 17.9 Å². The molecule has 0 aliphatic carbocycles. The van der Waals surface area contributed by atoms with Gasteiger partial charge < -0.3 is 10.1 Å². The number of hydrogen-bond donors (Lipinski definition) is 2. The van der Waals surface area contributed by atoms with E-state index in [1.165, 1.54) is 25.3 Å². The predicted molar refractivity (Wildman–Crippen MR) is 76.3 cm³/mol. The second kappa shape index (κ2) is 7.37. The van der Waals surface area contributed by atoms with Crippen molar-refractivity contribution in [2.24, 2.45) is 0 Å². The van der Waals surface area contributed by atoms with Crippen LogP contribution in [0, 0.1) is 6.92 Å². The molecule has 0 unspecified atom stereocenters. The lowest BCUT2D eigenvalue weighted by molar-refractivity contribution is 0.0600. The molecule has 7 heteroatoms. The zero-order valence-corrected chi connectivity index (χ0v) is 12.7. The van der Waals surface area contributed by atoms with E-state index in [1.54, 1.807) is 6.92 Å². The molecule has 1 aromatic carbocycles. The standard InChI is InChI=1S/C13H20N2O4S/c1-4-14-7-8-15-20(17,18)12-6-5-11(9-10(12)2)13(16)19-3/h5-6,9,14-15H,4,7-8H2,1-3H3. The van der Waals surface area contributed by atoms with Crippen molar-refractivity contribution in [2.75, 3.05) is 26.7 Å². The summed E-state index contributed by atoms with van der Waals surface area (Å²) in [6.07, 6.45) is 0. The van der Waals surface area contributed by atoms with Crippen molar-refractivity contribution in [3.63, 3.8) is 0 Å². The fourth-order valence-corrected chi connectivity index (χ4v) is 2.98. The number of likely N-dealkylation sites (N-methyl/N-ethyl adjacent to an activating group) is 1. The third kappa shape index (κ3) is 4.29. The summed E-state index contributed by atoms with van der Waals surface area (Å²) < 4.78 is 31.3. The Labute approximate surface area is 119 Å². The SMILES string of the molecule is CCNCCNS(=O)(=O)c1ccc(C(=O)OC)cc1C. The number of carbonyl (C=O) groups excluding carboxylic acids is 1. The van der Waals surface area contributed by atoms with Gasteiger partial charge in [0.05, 0.1) is 17.6 Å². The number of hydrogen-bond acceptors (Lipinski definition) is 5. The number of carbonyl (C=O) groups is 1. The van der Waals surface area contributed by atoms with E-state index in [2.05, 4.69) is 14.8 Å². The first kappa shape index (κ1) is 16.6. The summed E-state index contributed by atoms with van der Waals surface area (Å²) in [7, 11) is -2.28. The number of benzene rings is 1. The highest BCUT2D eigenvalue weighted by atomic mass is 32.2. The van der Waals surface area contributed by atoms with E-state index >= 15 is 0 Å². The molecule has 0 saturated heterocycles. The summed E-state index contributed by atoms with van der Waals surface area (Å²) in [5, 5.41) is 3.03. The largest absolute Gasteiger partial charge is 0.465 e. The minimum absolute atomic E-state index is 0.168. The van der Waals surface area contributed by atoms with Gasteiger partial charge in [0.1, 0.15) is 0 Å². The molecule has 1 rings (SSSR count). The number of ether oxygens (including phenoxy) is 1. The normalized spacial score (nSPS) is 11.3. The van der Waals surface area contributed by atoms with Crippen LogP contribution in [0.3, 0.4) is 0 Å². The van der Waals surface area contributed by atoms with Crippen LogP contribution in [-0.4, -0.2) is 41.1 Å². The minimum Gasteiger partial charge on any atom is -0.465 e. The van der Waals surface area contributed by atoms with E-state index < -0.39 is 16.0 Å². The monoisotopic (exact) mass is 300 g/mol. The highest BCUT2D eigenvalue weighted by Crippen LogP contribution is 2.17. The van der Waals surface area contributed by atoms with Crippen LogP contribution >= 0.6 is 0 Å². The maximum atomic E-state index is 12.1. The molecule has 0 heterocycles. The molecule has 20 heavy (non-hydrogen) atoms. The molecule has 0 saturated carbocycles. The molecule has 0 aliphatic rings. The lowest BCUT2D eigenvalue weighted by atomic mass is 10.1. The molecule has 0 radical (unpaired) electrons. The topological polar surface area (TPSA) is 84.5 Å². The summed E-state index contributed by atoms with van der Waals surface area (Å²) in [5.41, 5.74) is 0.834. The van der Waals surface area contributed by atoms with E-state index in [0.717, 1.165) is 6.54 Å². The predicted octanol–water partition coefficient (Wildman–Crippen LogP) is 0.669. The summed E-state index contributed by atoms with van der Waals surface area (Å²) in [6.45, 7) is 5.26. The minimum atomic E-state index is -3.56. The van der Waals surface area contributed by atoms with Gasteiger partial charge in [-0.15, -0.1) is 0 Å². The Hall–Kier alpha value is -1.44. The first-order chi connectivity index (χ1) is 9.42. The molecule has 0 fully saturated rings. The number of methoxy groups -OCH3 is 1. The molecule has 0 spiro atoms. The highest BCUT2D eigenvalue weighted by Gasteiger charge is 2.17. The molecular formula is C13H20N2O4S. The van der Waals surface area contributed by atoms with Crippen molar-refractivity contribution in [1.29, 1.82) is 0 Å². The van der Waals surface area contributed by atoms with E-state index in [0.29, 0.717) is 24.2 Å². The quantitative estimate of drug-likeness (QED) is 0.571. The lowest BCUT2D eigenvalue weighted by Gasteiger charge is -2.10. The number of sulfonamides is 1. The molecule has 1 aromatic rings. The van der Waals surface area contributed by atoms with Crippen LogP contribution < -0.4 is 10.0 Å². The molecule has 0 aliphatic heterocycles. The molecule has 0 aromatic heterocycles. The summed E-state index contributed by atoms with van der Waals surface area (Å²) in [5.74, 6) is -0.489. The third-order valence-corrected chi connectivity index (χ3v) is 4.35. The first-order valence-corrected chi connectivity index (χ1v) is 7.80. The van der Waals surface area contributed by atoms with Crippen LogP contribution in [0.4, 0.5) is 0 Å². The molecule has 2 N–H and O–H groups in total. The Balaban J connectivity index is 2.88. The summed E-state index contributed by atoms with van der Waals surface area (Å²) in [6, 6.07) is 4.36. The summed E-state index contributed by atoms with van der Waals surface area (Å²) >= 11 is 0. The molecule has 0 bridgehead atoms. The Kier molecular flexibility index (Phi) is 6.12. The van der Waals surface area contributed by atoms with Crippen LogP contribution in [0.5, 0.6) is 0 Å². The Bertz CT molecular complexity index is 570. The number of rotatable bonds is 7. The van der Waals surface area contributed by atoms with Gasteiger partial charge in [0, 0.05) is 13.1 Å². The second-order valence-corrected chi connectivity index (χ2v) is 5.96. The fraction of sp³-hybridized carbons (Fsp3) is 0.462. The van der Waals surface area contributed by atoms with Gasteiger partial charge in [0.2, 0.25) is 10.0 Å². The van der Waals surface area contributed by atoms with Crippen LogP contribution in [0.2, 0.25) is 0 Å². The molecule has 0 amide bonds. The highest BCUT2D eigenvalue weighted by molar-refractivity contribution is 7.89. The smallest absolute Gasteiger partial charge is 0.337 e. The number of aryl methyl sites for hydroxylation is 1. The van der Waals surface area contributed by atoms with Crippen molar-refractivity contribution in [3.05, 3.63) is 29.3 Å². The first-order valence-electron chi connectivity index (χ1n) is 6.31. The number of nitrogens with one attached hydrogen (secondary N) is 2. The maximum absolute atomic E-state index is 12.1. The average molecular weight is 300 g/mol. The van der Waals surface area contributed by atoms with Gasteiger partial charge in [-0.05, 0) is 37.2 Å². The Morgan fingerprint density at radius 3 is 2.55 bits per heavy atom. The van der Waals surface area contributed by atoms with Gasteiger partial charge in [0.25, 0.3) is 0 Å². The van der Waals surface area contributed by atoms with Crippen molar-refractivity contribution in [3.8, 4) is 0 Å². The fourth-order valence-electron chi connectivity index (χ4n) is 1.72. The Morgan fingerprint density at radius 2 is 2.00 bits per heavy atom. The van der Waals surface area contributed by atoms with Crippen LogP contribution in [-0.2, 0) is 14.8 Å². The molecule has 112 valence electrons. The van der Waals surface area contributed by atoms with E-state index in [-0.39, 0.29) is 4.90 Å². The molecule has 6 nitrogen and oxygen atoms in total.